The Balaban J connectivity index is 1.99. The van der Waals surface area contributed by atoms with E-state index in [1.807, 2.05) is 0 Å². The van der Waals surface area contributed by atoms with Crippen molar-refractivity contribution in [2.45, 2.75) is 19.6 Å². The molecule has 0 aromatic heterocycles. The van der Waals surface area contributed by atoms with E-state index in [-0.39, 0.29) is 11.3 Å². The summed E-state index contributed by atoms with van der Waals surface area (Å²) < 4.78 is 44.0. The van der Waals surface area contributed by atoms with Crippen molar-refractivity contribution in [1.82, 2.24) is 0 Å². The highest BCUT2D eigenvalue weighted by Crippen LogP contribution is 2.25. The maximum atomic E-state index is 12.3. The highest BCUT2D eigenvalue weighted by molar-refractivity contribution is 6.01. The number of benzene rings is 2. The average molecular weight is 406 g/mol. The standard InChI is InChI=1S/C21H20F2O6/c1-13(20(25)15-5-8-16(9-6-15)29-21(22)23)28-19(24)11-7-14-4-10-17(26-2)12-18(14)27-3/h4-13,21H,1-3H3/b11-7+/t13-/m0/s1. The van der Waals surface area contributed by atoms with E-state index in [1.54, 1.807) is 18.2 Å². The van der Waals surface area contributed by atoms with Crippen molar-refractivity contribution in [1.29, 1.82) is 0 Å². The van der Waals surface area contributed by atoms with Crippen molar-refractivity contribution in [3.8, 4) is 17.2 Å². The molecule has 154 valence electrons. The minimum absolute atomic E-state index is 0.0717. The molecule has 0 spiro atoms. The van der Waals surface area contributed by atoms with Crippen LogP contribution in [0.4, 0.5) is 8.78 Å². The zero-order chi connectivity index (χ0) is 21.4. The van der Waals surface area contributed by atoms with Gasteiger partial charge in [-0.2, -0.15) is 8.78 Å². The largest absolute Gasteiger partial charge is 0.497 e. The van der Waals surface area contributed by atoms with E-state index in [4.69, 9.17) is 14.2 Å². The van der Waals surface area contributed by atoms with Gasteiger partial charge >= 0.3 is 12.6 Å². The van der Waals surface area contributed by atoms with Crippen LogP contribution < -0.4 is 14.2 Å². The Morgan fingerprint density at radius 3 is 2.21 bits per heavy atom. The molecule has 0 saturated heterocycles. The Hall–Kier alpha value is -3.42. The van der Waals surface area contributed by atoms with Crippen LogP contribution in [0, 0.1) is 0 Å². The molecule has 2 rings (SSSR count). The molecular weight excluding hydrogens is 386 g/mol. The Morgan fingerprint density at radius 2 is 1.62 bits per heavy atom. The second-order valence-corrected chi connectivity index (χ2v) is 5.79. The van der Waals surface area contributed by atoms with Crippen LogP contribution in [0.15, 0.2) is 48.5 Å². The first kappa shape index (κ1) is 21.9. The number of esters is 1. The summed E-state index contributed by atoms with van der Waals surface area (Å²) in [5.41, 5.74) is 0.826. The molecule has 6 nitrogen and oxygen atoms in total. The second-order valence-electron chi connectivity index (χ2n) is 5.79. The Morgan fingerprint density at radius 1 is 0.966 bits per heavy atom. The first-order valence-corrected chi connectivity index (χ1v) is 8.54. The van der Waals surface area contributed by atoms with Gasteiger partial charge in [0.15, 0.2) is 6.10 Å². The van der Waals surface area contributed by atoms with Crippen molar-refractivity contribution in [2.24, 2.45) is 0 Å². The van der Waals surface area contributed by atoms with Gasteiger partial charge in [-0.05, 0) is 49.4 Å². The van der Waals surface area contributed by atoms with Gasteiger partial charge in [-0.3, -0.25) is 4.79 Å². The molecule has 0 aliphatic rings. The van der Waals surface area contributed by atoms with Crippen LogP contribution in [0.5, 0.6) is 17.2 Å². The quantitative estimate of drug-likeness (QED) is 0.354. The molecule has 8 heteroatoms. The zero-order valence-electron chi connectivity index (χ0n) is 16.1. The minimum atomic E-state index is -2.95. The average Bonchev–Trinajstić information content (AvgIpc) is 2.71. The summed E-state index contributed by atoms with van der Waals surface area (Å²) >= 11 is 0. The van der Waals surface area contributed by atoms with Gasteiger partial charge in [0.1, 0.15) is 17.2 Å². The van der Waals surface area contributed by atoms with Gasteiger partial charge in [-0.1, -0.05) is 0 Å². The second kappa shape index (κ2) is 10.2. The molecule has 2 aromatic carbocycles. The van der Waals surface area contributed by atoms with E-state index in [0.717, 1.165) is 0 Å². The first-order chi connectivity index (χ1) is 13.8. The summed E-state index contributed by atoms with van der Waals surface area (Å²) in [6.07, 6.45) is 1.61. The van der Waals surface area contributed by atoms with E-state index in [0.29, 0.717) is 17.1 Å². The highest BCUT2D eigenvalue weighted by atomic mass is 19.3. The summed E-state index contributed by atoms with van der Waals surface area (Å²) in [5.74, 6) is -0.161. The molecule has 0 radical (unpaired) electrons. The smallest absolute Gasteiger partial charge is 0.387 e. The predicted octanol–water partition coefficient (Wildman–Crippen LogP) is 4.13. The van der Waals surface area contributed by atoms with E-state index in [2.05, 4.69) is 4.74 Å². The minimum Gasteiger partial charge on any atom is -0.497 e. The van der Waals surface area contributed by atoms with Gasteiger partial charge in [0.05, 0.1) is 14.2 Å². The van der Waals surface area contributed by atoms with E-state index < -0.39 is 24.5 Å². The van der Waals surface area contributed by atoms with Gasteiger partial charge in [-0.15, -0.1) is 0 Å². The van der Waals surface area contributed by atoms with Crippen molar-refractivity contribution in [2.75, 3.05) is 14.2 Å². The van der Waals surface area contributed by atoms with Crippen molar-refractivity contribution >= 4 is 17.8 Å². The molecule has 0 heterocycles. The number of halogens is 2. The molecule has 1 atom stereocenters. The third-order valence-electron chi connectivity index (χ3n) is 3.87. The van der Waals surface area contributed by atoms with Gasteiger partial charge in [0.25, 0.3) is 0 Å². The van der Waals surface area contributed by atoms with E-state index in [9.17, 15) is 18.4 Å². The lowest BCUT2D eigenvalue weighted by Crippen LogP contribution is -2.23. The number of Topliss-reactive ketones (excluding diaryl/α,β-unsaturated/α-hetero) is 1. The summed E-state index contributed by atoms with van der Waals surface area (Å²) in [5, 5.41) is 0. The maximum absolute atomic E-state index is 12.3. The molecule has 29 heavy (non-hydrogen) atoms. The number of alkyl halides is 2. The van der Waals surface area contributed by atoms with Gasteiger partial charge < -0.3 is 18.9 Å². The number of methoxy groups -OCH3 is 2. The van der Waals surface area contributed by atoms with Gasteiger partial charge in [0.2, 0.25) is 5.78 Å². The van der Waals surface area contributed by atoms with Gasteiger partial charge in [0, 0.05) is 23.3 Å². The number of ether oxygens (including phenoxy) is 4. The summed E-state index contributed by atoms with van der Waals surface area (Å²) in [6.45, 7) is -1.53. The zero-order valence-corrected chi connectivity index (χ0v) is 16.1. The fourth-order valence-corrected chi connectivity index (χ4v) is 2.42. The fourth-order valence-electron chi connectivity index (χ4n) is 2.42. The molecule has 0 N–H and O–H groups in total. The molecule has 0 fully saturated rings. The van der Waals surface area contributed by atoms with Crippen LogP contribution in [0.3, 0.4) is 0 Å². The van der Waals surface area contributed by atoms with Crippen LogP contribution >= 0.6 is 0 Å². The van der Waals surface area contributed by atoms with Crippen molar-refractivity contribution < 1.29 is 37.3 Å². The van der Waals surface area contributed by atoms with Crippen molar-refractivity contribution in [3.05, 3.63) is 59.7 Å². The third-order valence-corrected chi connectivity index (χ3v) is 3.87. The summed E-state index contributed by atoms with van der Waals surface area (Å²) in [7, 11) is 3.02. The number of hydrogen-bond donors (Lipinski definition) is 0. The number of ketones is 1. The molecule has 0 aliphatic heterocycles. The molecular formula is C21H20F2O6. The van der Waals surface area contributed by atoms with Crippen LogP contribution in [-0.4, -0.2) is 38.7 Å². The summed E-state index contributed by atoms with van der Waals surface area (Å²) in [4.78, 5) is 24.4. The number of rotatable bonds is 9. The van der Waals surface area contributed by atoms with Crippen LogP contribution in [0.1, 0.15) is 22.8 Å². The van der Waals surface area contributed by atoms with E-state index >= 15 is 0 Å². The number of carbonyl (C=O) groups excluding carboxylic acids is 2. The first-order valence-electron chi connectivity index (χ1n) is 8.54. The Bertz CT molecular complexity index is 877. The lowest BCUT2D eigenvalue weighted by atomic mass is 10.1. The molecule has 0 saturated carbocycles. The van der Waals surface area contributed by atoms with Gasteiger partial charge in [-0.25, -0.2) is 4.79 Å². The van der Waals surface area contributed by atoms with Crippen LogP contribution in [0.25, 0.3) is 6.08 Å². The van der Waals surface area contributed by atoms with Crippen LogP contribution in [0.2, 0.25) is 0 Å². The number of hydrogen-bond acceptors (Lipinski definition) is 6. The fraction of sp³-hybridized carbons (Fsp3) is 0.238. The molecule has 0 aliphatic carbocycles. The predicted molar refractivity (Wildman–Crippen MR) is 102 cm³/mol. The molecule has 2 aromatic rings. The lowest BCUT2D eigenvalue weighted by Gasteiger charge is -2.12. The molecule has 0 unspecified atom stereocenters. The van der Waals surface area contributed by atoms with Crippen molar-refractivity contribution in [3.63, 3.8) is 0 Å². The topological polar surface area (TPSA) is 71.1 Å². The SMILES string of the molecule is COc1ccc(/C=C/C(=O)O[C@@H](C)C(=O)c2ccc(OC(F)F)cc2)c(OC)c1. The number of carbonyl (C=O) groups is 2. The maximum Gasteiger partial charge on any atom is 0.387 e. The molecule has 0 amide bonds. The normalized spacial score (nSPS) is 11.9. The monoisotopic (exact) mass is 406 g/mol. The van der Waals surface area contributed by atoms with E-state index in [1.165, 1.54) is 57.6 Å². The Labute approximate surface area is 166 Å². The molecule has 0 bridgehead atoms. The van der Waals surface area contributed by atoms with Crippen LogP contribution in [-0.2, 0) is 9.53 Å². The Kier molecular flexibility index (Phi) is 7.70. The lowest BCUT2D eigenvalue weighted by molar-refractivity contribution is -0.140. The third kappa shape index (κ3) is 6.31. The highest BCUT2D eigenvalue weighted by Gasteiger charge is 2.19. The summed E-state index contributed by atoms with van der Waals surface area (Å²) in [6, 6.07) is 10.2.